The fourth-order valence-electron chi connectivity index (χ4n) is 13.4. The van der Waals surface area contributed by atoms with Gasteiger partial charge in [-0.15, -0.1) is 0 Å². The van der Waals surface area contributed by atoms with Crippen molar-refractivity contribution in [3.8, 4) is 0 Å². The Morgan fingerprint density at radius 2 is 1.54 bits per heavy atom. The van der Waals surface area contributed by atoms with Crippen molar-refractivity contribution in [2.24, 2.45) is 50.2 Å². The lowest BCUT2D eigenvalue weighted by atomic mass is 9.33. The maximum atomic E-state index is 13.1. The molecule has 13 nitrogen and oxygen atoms in total. The lowest BCUT2D eigenvalue weighted by Crippen LogP contribution is -2.68. The van der Waals surface area contributed by atoms with Gasteiger partial charge in [0.05, 0.1) is 31.5 Å². The molecule has 3 unspecified atom stereocenters. The Labute approximate surface area is 319 Å². The number of aliphatic hydroxyl groups is 7. The third kappa shape index (κ3) is 5.76. The Kier molecular flexibility index (Phi) is 10.4. The molecule has 0 spiro atoms. The molecule has 54 heavy (non-hydrogen) atoms. The van der Waals surface area contributed by atoms with Gasteiger partial charge in [-0.05, 0) is 104 Å². The van der Waals surface area contributed by atoms with Crippen molar-refractivity contribution in [2.45, 2.75) is 174 Å². The van der Waals surface area contributed by atoms with Gasteiger partial charge in [0, 0.05) is 5.41 Å². The summed E-state index contributed by atoms with van der Waals surface area (Å²) in [6.45, 7) is 14.6. The van der Waals surface area contributed by atoms with Crippen molar-refractivity contribution < 1.29 is 64.6 Å². The van der Waals surface area contributed by atoms with Crippen LogP contribution in [0.4, 0.5) is 0 Å². The fraction of sp³-hybridized carbons (Fsp3) is 0.927. The number of aliphatic carboxylic acids is 1. The third-order valence-electron chi connectivity index (χ3n) is 17.0. The summed E-state index contributed by atoms with van der Waals surface area (Å²) in [5.74, 6) is -0.912. The predicted octanol–water partition coefficient (Wildman–Crippen LogP) is 2.49. The van der Waals surface area contributed by atoms with Crippen LogP contribution in [-0.4, -0.2) is 128 Å². The molecule has 13 heteroatoms. The monoisotopic (exact) mass is 766 g/mol. The molecule has 7 rings (SSSR count). The van der Waals surface area contributed by atoms with Crippen LogP contribution >= 0.6 is 0 Å². The highest BCUT2D eigenvalue weighted by atomic mass is 16.8. The van der Waals surface area contributed by atoms with Gasteiger partial charge < -0.3 is 59.8 Å². The molecule has 0 bridgehead atoms. The molecule has 2 saturated heterocycles. The maximum Gasteiger partial charge on any atom is 0.312 e. The Hall–Kier alpha value is -1.23. The first-order valence-corrected chi connectivity index (χ1v) is 20.3. The Bertz CT molecular complexity index is 1470. The number of rotatable bonds is 6. The molecule has 5 aliphatic carbocycles. The van der Waals surface area contributed by atoms with Gasteiger partial charge in [-0.3, -0.25) is 4.79 Å². The van der Waals surface area contributed by atoms with Gasteiger partial charge in [0.2, 0.25) is 0 Å². The standard InChI is InChI=1S/C41H66O13/c1-20-28(45)30(47)31(48)33(52-20)54-32-29(46)23(43)18-51-34(32)53-27-11-12-37(4)24(38(27,5)19-42)10-13-39(6)25(37)9-8-21-22-16-36(2,3)14-15-41(22,35(49)50)26(44)17-40(21,39)7/h8,20,22-34,42-48H,9-19H2,1-7H3,(H,49,50)/t20-,22?,23-,24?,25?,26+,27-,28-,29-,30+,31+,32+,33-,34-,37-,38-,39+,40+,41+/m0/s1. The number of fused-ring (bicyclic) bond motifs is 7. The van der Waals surface area contributed by atoms with Crippen LogP contribution in [0, 0.1) is 50.2 Å². The van der Waals surface area contributed by atoms with Crippen molar-refractivity contribution >= 4 is 5.97 Å². The number of hydrogen-bond acceptors (Lipinski definition) is 12. The van der Waals surface area contributed by atoms with Crippen LogP contribution < -0.4 is 0 Å². The zero-order valence-corrected chi connectivity index (χ0v) is 33.1. The van der Waals surface area contributed by atoms with Crippen LogP contribution in [-0.2, 0) is 23.7 Å². The Morgan fingerprint density at radius 3 is 2.20 bits per heavy atom. The summed E-state index contributed by atoms with van der Waals surface area (Å²) < 4.78 is 24.3. The molecule has 19 atom stereocenters. The van der Waals surface area contributed by atoms with Gasteiger partial charge in [0.1, 0.15) is 42.0 Å². The summed E-state index contributed by atoms with van der Waals surface area (Å²) in [5, 5.41) is 86.9. The quantitative estimate of drug-likeness (QED) is 0.144. The first kappa shape index (κ1) is 40.9. The molecule has 2 aliphatic heterocycles. The maximum absolute atomic E-state index is 13.1. The Morgan fingerprint density at radius 1 is 0.833 bits per heavy atom. The van der Waals surface area contributed by atoms with Gasteiger partial charge in [0.15, 0.2) is 12.6 Å². The molecule has 0 aromatic rings. The third-order valence-corrected chi connectivity index (χ3v) is 17.0. The molecular formula is C41H66O13. The summed E-state index contributed by atoms with van der Waals surface area (Å²) in [5.41, 5.74) is -1.62. The van der Waals surface area contributed by atoms with E-state index in [0.717, 1.165) is 38.5 Å². The average Bonchev–Trinajstić information content (AvgIpc) is 3.10. The van der Waals surface area contributed by atoms with Crippen molar-refractivity contribution in [3.63, 3.8) is 0 Å². The van der Waals surface area contributed by atoms with E-state index in [2.05, 4.69) is 40.7 Å². The minimum Gasteiger partial charge on any atom is -0.481 e. The van der Waals surface area contributed by atoms with E-state index in [0.29, 0.717) is 19.3 Å². The molecule has 6 fully saturated rings. The normalized spacial score (nSPS) is 55.7. The highest BCUT2D eigenvalue weighted by molar-refractivity contribution is 5.77. The van der Waals surface area contributed by atoms with Crippen molar-refractivity contribution in [1.82, 2.24) is 0 Å². The first-order valence-electron chi connectivity index (χ1n) is 20.3. The van der Waals surface area contributed by atoms with Crippen LogP contribution in [0.3, 0.4) is 0 Å². The van der Waals surface area contributed by atoms with E-state index in [1.165, 1.54) is 12.5 Å². The summed E-state index contributed by atoms with van der Waals surface area (Å²) in [6.07, 6.45) is -5.25. The lowest BCUT2D eigenvalue weighted by Gasteiger charge is -2.71. The molecule has 4 saturated carbocycles. The van der Waals surface area contributed by atoms with E-state index in [4.69, 9.17) is 18.9 Å². The second-order valence-electron chi connectivity index (χ2n) is 20.1. The van der Waals surface area contributed by atoms with Crippen molar-refractivity contribution in [1.29, 1.82) is 0 Å². The van der Waals surface area contributed by atoms with Gasteiger partial charge in [-0.1, -0.05) is 53.2 Å². The minimum absolute atomic E-state index is 0.0186. The summed E-state index contributed by atoms with van der Waals surface area (Å²) in [6, 6.07) is 0. The van der Waals surface area contributed by atoms with Crippen LogP contribution in [0.25, 0.3) is 0 Å². The molecule has 308 valence electrons. The highest BCUT2D eigenvalue weighted by Crippen LogP contribution is 2.76. The fourth-order valence-corrected chi connectivity index (χ4v) is 13.4. The SMILES string of the molecule is C[C@@H]1O[C@@H](O[C@H]2[C@H](O[C@H]3CC[C@@]4(C)C(CC[C@]5(C)C4CC=C4C6CC(C)(C)CC[C@]6(C(=O)O)[C@H](O)C[C@]45C)[C@]3(C)CO)OC[C@H](O)[C@@H]2O)[C@H](O)[C@H](O)[C@H]1O. The average molecular weight is 767 g/mol. The summed E-state index contributed by atoms with van der Waals surface area (Å²) >= 11 is 0. The van der Waals surface area contributed by atoms with Crippen LogP contribution in [0.2, 0.25) is 0 Å². The second kappa shape index (κ2) is 13.7. The molecule has 0 aromatic carbocycles. The number of carbonyl (C=O) groups is 1. The molecule has 0 radical (unpaired) electrons. The van der Waals surface area contributed by atoms with E-state index in [1.807, 2.05) is 6.92 Å². The van der Waals surface area contributed by atoms with Gasteiger partial charge in [-0.25, -0.2) is 0 Å². The van der Waals surface area contributed by atoms with E-state index >= 15 is 0 Å². The van der Waals surface area contributed by atoms with Crippen molar-refractivity contribution in [3.05, 3.63) is 11.6 Å². The summed E-state index contributed by atoms with van der Waals surface area (Å²) in [7, 11) is 0. The molecular weight excluding hydrogens is 700 g/mol. The lowest BCUT2D eigenvalue weighted by molar-refractivity contribution is -0.365. The summed E-state index contributed by atoms with van der Waals surface area (Å²) in [4.78, 5) is 13.1. The minimum atomic E-state index is -1.64. The van der Waals surface area contributed by atoms with Gasteiger partial charge in [0.25, 0.3) is 0 Å². The van der Waals surface area contributed by atoms with Crippen molar-refractivity contribution in [2.75, 3.05) is 13.2 Å². The largest absolute Gasteiger partial charge is 0.481 e. The topological polar surface area (TPSA) is 216 Å². The van der Waals surface area contributed by atoms with E-state index in [9.17, 15) is 45.6 Å². The molecule has 2 heterocycles. The number of carboxylic acid groups (broad SMARTS) is 1. The van der Waals surface area contributed by atoms with Crippen LogP contribution in [0.1, 0.15) is 106 Å². The molecule has 7 aliphatic rings. The number of ether oxygens (including phenoxy) is 4. The highest BCUT2D eigenvalue weighted by Gasteiger charge is 2.72. The smallest absolute Gasteiger partial charge is 0.312 e. The van der Waals surface area contributed by atoms with E-state index in [-0.39, 0.29) is 47.2 Å². The van der Waals surface area contributed by atoms with Crippen LogP contribution in [0.5, 0.6) is 0 Å². The number of aliphatic hydroxyl groups excluding tert-OH is 7. The molecule has 0 aromatic heterocycles. The predicted molar refractivity (Wildman–Crippen MR) is 193 cm³/mol. The van der Waals surface area contributed by atoms with Crippen LogP contribution in [0.15, 0.2) is 11.6 Å². The second-order valence-corrected chi connectivity index (χ2v) is 20.1. The zero-order chi connectivity index (χ0) is 39.6. The van der Waals surface area contributed by atoms with Gasteiger partial charge in [-0.2, -0.15) is 0 Å². The van der Waals surface area contributed by atoms with Gasteiger partial charge >= 0.3 is 5.97 Å². The molecule has 8 N–H and O–H groups in total. The van der Waals surface area contributed by atoms with E-state index < -0.39 is 89.7 Å². The zero-order valence-electron chi connectivity index (χ0n) is 33.1. The van der Waals surface area contributed by atoms with E-state index in [1.54, 1.807) is 0 Å². The number of hydrogen-bond donors (Lipinski definition) is 8. The first-order chi connectivity index (χ1) is 25.1. The molecule has 0 amide bonds. The number of carboxylic acids is 1. The Balaban J connectivity index is 1.16. The number of allylic oxidation sites excluding steroid dienone is 2.